The summed E-state index contributed by atoms with van der Waals surface area (Å²) < 4.78 is 0. The quantitative estimate of drug-likeness (QED) is 0.372. The SMILES string of the molecule is NC(=O)CC[C@H](NC(=O)N1CC(O)C(O)C1)C(=O)O. The lowest BCUT2D eigenvalue weighted by molar-refractivity contribution is -0.139. The van der Waals surface area contributed by atoms with Gasteiger partial charge in [-0.2, -0.15) is 0 Å². The molecule has 9 nitrogen and oxygen atoms in total. The largest absolute Gasteiger partial charge is 0.480 e. The van der Waals surface area contributed by atoms with Gasteiger partial charge in [-0.15, -0.1) is 0 Å². The van der Waals surface area contributed by atoms with Gasteiger partial charge in [0.15, 0.2) is 0 Å². The Morgan fingerprint density at radius 3 is 2.21 bits per heavy atom. The number of aliphatic hydroxyl groups excluding tert-OH is 2. The van der Waals surface area contributed by atoms with Gasteiger partial charge >= 0.3 is 12.0 Å². The van der Waals surface area contributed by atoms with Gasteiger partial charge in [-0.05, 0) is 6.42 Å². The van der Waals surface area contributed by atoms with Crippen LogP contribution in [0.1, 0.15) is 12.8 Å². The summed E-state index contributed by atoms with van der Waals surface area (Å²) in [5, 5.41) is 29.7. The molecule has 3 amide bonds. The average molecular weight is 275 g/mol. The summed E-state index contributed by atoms with van der Waals surface area (Å²) in [7, 11) is 0. The number of urea groups is 1. The van der Waals surface area contributed by atoms with Crippen LogP contribution in [0.4, 0.5) is 4.79 Å². The molecule has 0 aromatic heterocycles. The molecular formula is C10H17N3O6. The number of rotatable bonds is 5. The Labute approximate surface area is 109 Å². The Morgan fingerprint density at radius 1 is 1.26 bits per heavy atom. The molecule has 0 saturated carbocycles. The summed E-state index contributed by atoms with van der Waals surface area (Å²) in [4.78, 5) is 34.3. The number of nitrogens with zero attached hydrogens (tertiary/aromatic N) is 1. The zero-order valence-corrected chi connectivity index (χ0v) is 10.2. The predicted molar refractivity (Wildman–Crippen MR) is 62.0 cm³/mol. The highest BCUT2D eigenvalue weighted by Crippen LogP contribution is 2.10. The molecular weight excluding hydrogens is 258 g/mol. The number of likely N-dealkylation sites (tertiary alicyclic amines) is 1. The van der Waals surface area contributed by atoms with Crippen LogP contribution < -0.4 is 11.1 Å². The van der Waals surface area contributed by atoms with Crippen LogP contribution in [0.25, 0.3) is 0 Å². The second kappa shape index (κ2) is 6.34. The molecule has 0 bridgehead atoms. The number of aliphatic hydroxyl groups is 2. The highest BCUT2D eigenvalue weighted by atomic mass is 16.4. The van der Waals surface area contributed by atoms with Crippen molar-refractivity contribution in [3.63, 3.8) is 0 Å². The van der Waals surface area contributed by atoms with Gasteiger partial charge in [0, 0.05) is 6.42 Å². The van der Waals surface area contributed by atoms with Gasteiger partial charge in [-0.1, -0.05) is 0 Å². The summed E-state index contributed by atoms with van der Waals surface area (Å²) in [5.74, 6) is -1.94. The summed E-state index contributed by atoms with van der Waals surface area (Å²) >= 11 is 0. The van der Waals surface area contributed by atoms with Gasteiger partial charge in [0.1, 0.15) is 6.04 Å². The monoisotopic (exact) mass is 275 g/mol. The molecule has 1 aliphatic rings. The topological polar surface area (TPSA) is 153 Å². The first-order valence-electron chi connectivity index (χ1n) is 5.74. The van der Waals surface area contributed by atoms with E-state index in [2.05, 4.69) is 5.32 Å². The van der Waals surface area contributed by atoms with Gasteiger partial charge < -0.3 is 31.3 Å². The summed E-state index contributed by atoms with van der Waals surface area (Å²) in [5.41, 5.74) is 4.91. The van der Waals surface area contributed by atoms with Crippen LogP contribution in [0.5, 0.6) is 0 Å². The number of hydrogen-bond acceptors (Lipinski definition) is 5. The van der Waals surface area contributed by atoms with E-state index in [9.17, 15) is 24.6 Å². The minimum atomic E-state index is -1.28. The lowest BCUT2D eigenvalue weighted by Crippen LogP contribution is -2.47. The van der Waals surface area contributed by atoms with Crippen LogP contribution in [0.15, 0.2) is 0 Å². The lowest BCUT2D eigenvalue weighted by Gasteiger charge is -2.20. The molecule has 108 valence electrons. The second-order valence-electron chi connectivity index (χ2n) is 4.38. The van der Waals surface area contributed by atoms with E-state index in [1.54, 1.807) is 0 Å². The third kappa shape index (κ3) is 4.38. The molecule has 9 heteroatoms. The zero-order valence-electron chi connectivity index (χ0n) is 10.2. The van der Waals surface area contributed by atoms with E-state index in [4.69, 9.17) is 10.8 Å². The van der Waals surface area contributed by atoms with Gasteiger partial charge in [-0.25, -0.2) is 9.59 Å². The van der Waals surface area contributed by atoms with E-state index in [-0.39, 0.29) is 25.9 Å². The number of nitrogens with two attached hydrogens (primary N) is 1. The van der Waals surface area contributed by atoms with Crippen LogP contribution >= 0.6 is 0 Å². The lowest BCUT2D eigenvalue weighted by atomic mass is 10.1. The number of amides is 3. The molecule has 0 aliphatic carbocycles. The van der Waals surface area contributed by atoms with Gasteiger partial charge in [0.05, 0.1) is 25.3 Å². The number of carboxylic acid groups (broad SMARTS) is 1. The molecule has 0 aromatic rings. The van der Waals surface area contributed by atoms with E-state index in [0.717, 1.165) is 4.90 Å². The van der Waals surface area contributed by atoms with Crippen LogP contribution in [0, 0.1) is 0 Å². The molecule has 1 aliphatic heterocycles. The van der Waals surface area contributed by atoms with Gasteiger partial charge in [0.25, 0.3) is 0 Å². The minimum absolute atomic E-state index is 0.0742. The highest BCUT2D eigenvalue weighted by Gasteiger charge is 2.34. The van der Waals surface area contributed by atoms with Crippen molar-refractivity contribution in [1.82, 2.24) is 10.2 Å². The van der Waals surface area contributed by atoms with Crippen LogP contribution in [0.3, 0.4) is 0 Å². The van der Waals surface area contributed by atoms with Crippen LogP contribution in [-0.2, 0) is 9.59 Å². The second-order valence-corrected chi connectivity index (χ2v) is 4.38. The number of carbonyl (C=O) groups excluding carboxylic acids is 2. The Balaban J connectivity index is 2.52. The number of nitrogens with one attached hydrogen (secondary N) is 1. The molecule has 3 atom stereocenters. The minimum Gasteiger partial charge on any atom is -0.480 e. The highest BCUT2D eigenvalue weighted by molar-refractivity contribution is 5.83. The molecule has 1 saturated heterocycles. The molecule has 0 spiro atoms. The van der Waals surface area contributed by atoms with E-state index >= 15 is 0 Å². The fraction of sp³-hybridized carbons (Fsp3) is 0.700. The number of β-amino-alcohol motifs (C(OH)–C–C–N with tert-alkyl or cyclic N) is 2. The molecule has 6 N–H and O–H groups in total. The summed E-state index contributed by atoms with van der Waals surface area (Å²) in [6, 6.07) is -1.96. The van der Waals surface area contributed by atoms with E-state index in [1.165, 1.54) is 0 Å². The molecule has 1 heterocycles. The van der Waals surface area contributed by atoms with E-state index < -0.39 is 36.2 Å². The van der Waals surface area contributed by atoms with Crippen molar-refractivity contribution in [1.29, 1.82) is 0 Å². The van der Waals surface area contributed by atoms with Gasteiger partial charge in [-0.3, -0.25) is 4.79 Å². The fourth-order valence-corrected chi connectivity index (χ4v) is 1.72. The maximum Gasteiger partial charge on any atom is 0.326 e. The molecule has 19 heavy (non-hydrogen) atoms. The van der Waals surface area contributed by atoms with Crippen molar-refractivity contribution in [2.24, 2.45) is 5.73 Å². The van der Waals surface area contributed by atoms with Crippen molar-refractivity contribution in [2.75, 3.05) is 13.1 Å². The average Bonchev–Trinajstić information content (AvgIpc) is 2.64. The van der Waals surface area contributed by atoms with Gasteiger partial charge in [0.2, 0.25) is 5.91 Å². The van der Waals surface area contributed by atoms with Crippen LogP contribution in [0.2, 0.25) is 0 Å². The Bertz CT molecular complexity index is 364. The number of primary amides is 1. The van der Waals surface area contributed by atoms with Crippen molar-refractivity contribution in [3.05, 3.63) is 0 Å². The van der Waals surface area contributed by atoms with E-state index in [1.807, 2.05) is 0 Å². The van der Waals surface area contributed by atoms with Crippen molar-refractivity contribution < 1.29 is 29.7 Å². The molecule has 1 fully saturated rings. The Hall–Kier alpha value is -1.87. The molecule has 0 radical (unpaired) electrons. The Morgan fingerprint density at radius 2 is 1.79 bits per heavy atom. The number of hydrogen-bond donors (Lipinski definition) is 5. The first kappa shape index (κ1) is 15.2. The van der Waals surface area contributed by atoms with Crippen molar-refractivity contribution >= 4 is 17.9 Å². The standard InChI is InChI=1S/C10H17N3O6/c11-8(16)2-1-5(9(17)18)12-10(19)13-3-6(14)7(15)4-13/h5-7,14-15H,1-4H2,(H2,11,16)(H,12,19)(H,17,18)/t5-,6?,7?/m0/s1. The number of carboxylic acids is 1. The van der Waals surface area contributed by atoms with E-state index in [0.29, 0.717) is 0 Å². The molecule has 2 unspecified atom stereocenters. The predicted octanol–water partition coefficient (Wildman–Crippen LogP) is -2.55. The maximum atomic E-state index is 11.7. The molecule has 0 aromatic carbocycles. The third-order valence-corrected chi connectivity index (χ3v) is 2.82. The maximum absolute atomic E-state index is 11.7. The normalized spacial score (nSPS) is 24.0. The third-order valence-electron chi connectivity index (χ3n) is 2.82. The fourth-order valence-electron chi connectivity index (χ4n) is 1.72. The number of aliphatic carboxylic acids is 1. The smallest absolute Gasteiger partial charge is 0.326 e. The first-order valence-corrected chi connectivity index (χ1v) is 5.74. The summed E-state index contributed by atoms with van der Waals surface area (Å²) in [6.07, 6.45) is -2.36. The number of carbonyl (C=O) groups is 3. The van der Waals surface area contributed by atoms with Crippen molar-refractivity contribution in [3.8, 4) is 0 Å². The Kier molecular flexibility index (Phi) is 5.07. The zero-order chi connectivity index (χ0) is 14.6. The summed E-state index contributed by atoms with van der Waals surface area (Å²) in [6.45, 7) is -0.148. The van der Waals surface area contributed by atoms with Crippen LogP contribution in [-0.4, -0.2) is 69.5 Å². The van der Waals surface area contributed by atoms with Crippen molar-refractivity contribution in [2.45, 2.75) is 31.1 Å². The molecule has 1 rings (SSSR count). The first-order chi connectivity index (χ1) is 8.81.